The highest BCUT2D eigenvalue weighted by Crippen LogP contribution is 2.16. The number of aliphatic hydroxyl groups excluding tert-OH is 1. The van der Waals surface area contributed by atoms with Crippen molar-refractivity contribution >= 4 is 11.6 Å². The molecule has 0 radical (unpaired) electrons. The van der Waals surface area contributed by atoms with Gasteiger partial charge in [-0.2, -0.15) is 0 Å². The Balaban J connectivity index is 2.90. The molecule has 1 amide bonds. The van der Waals surface area contributed by atoms with Gasteiger partial charge in [0.15, 0.2) is 0 Å². The van der Waals surface area contributed by atoms with Crippen LogP contribution in [0.15, 0.2) is 18.2 Å². The first-order valence-corrected chi connectivity index (χ1v) is 4.81. The van der Waals surface area contributed by atoms with Crippen molar-refractivity contribution in [3.8, 4) is 0 Å². The molecule has 0 heterocycles. The molecule has 0 aromatic heterocycles. The summed E-state index contributed by atoms with van der Waals surface area (Å²) >= 11 is 0. The molecule has 0 saturated carbocycles. The van der Waals surface area contributed by atoms with Crippen LogP contribution in [-0.2, 0) is 0 Å². The highest BCUT2D eigenvalue weighted by Gasteiger charge is 2.14. The number of nitro benzene ring substituents is 1. The van der Waals surface area contributed by atoms with Gasteiger partial charge in [0.1, 0.15) is 5.82 Å². The number of rotatable bonds is 4. The SMILES string of the molecule is CC(O)CNC(=O)c1cc(F)cc([N+](=O)[O-])c1. The lowest BCUT2D eigenvalue weighted by Crippen LogP contribution is -2.30. The Bertz CT molecular complexity index is 448. The first-order valence-electron chi connectivity index (χ1n) is 4.81. The van der Waals surface area contributed by atoms with Crippen LogP contribution in [0.3, 0.4) is 0 Å². The predicted molar refractivity (Wildman–Crippen MR) is 57.1 cm³/mol. The second-order valence-electron chi connectivity index (χ2n) is 3.51. The molecule has 1 rings (SSSR count). The summed E-state index contributed by atoms with van der Waals surface area (Å²) in [7, 11) is 0. The number of nitrogens with zero attached hydrogens (tertiary/aromatic N) is 1. The van der Waals surface area contributed by atoms with E-state index in [0.717, 1.165) is 18.2 Å². The fourth-order valence-corrected chi connectivity index (χ4v) is 1.15. The Morgan fingerprint density at radius 3 is 2.76 bits per heavy atom. The standard InChI is InChI=1S/C10H11FN2O4/c1-6(14)5-12-10(15)7-2-8(11)4-9(3-7)13(16)17/h2-4,6,14H,5H2,1H3,(H,12,15). The number of nitro groups is 1. The topological polar surface area (TPSA) is 92.5 Å². The minimum Gasteiger partial charge on any atom is -0.392 e. The van der Waals surface area contributed by atoms with Crippen molar-refractivity contribution in [2.45, 2.75) is 13.0 Å². The smallest absolute Gasteiger partial charge is 0.273 e. The van der Waals surface area contributed by atoms with Gasteiger partial charge in [0.25, 0.3) is 11.6 Å². The van der Waals surface area contributed by atoms with Gasteiger partial charge in [-0.1, -0.05) is 0 Å². The second-order valence-corrected chi connectivity index (χ2v) is 3.51. The van der Waals surface area contributed by atoms with E-state index >= 15 is 0 Å². The number of carbonyl (C=O) groups is 1. The van der Waals surface area contributed by atoms with E-state index in [1.807, 2.05) is 0 Å². The maximum absolute atomic E-state index is 13.0. The van der Waals surface area contributed by atoms with Gasteiger partial charge < -0.3 is 10.4 Å². The van der Waals surface area contributed by atoms with E-state index in [9.17, 15) is 19.3 Å². The molecular weight excluding hydrogens is 231 g/mol. The van der Waals surface area contributed by atoms with E-state index in [2.05, 4.69) is 5.32 Å². The van der Waals surface area contributed by atoms with Gasteiger partial charge in [-0.25, -0.2) is 4.39 Å². The van der Waals surface area contributed by atoms with Crippen LogP contribution in [0.1, 0.15) is 17.3 Å². The number of benzene rings is 1. The van der Waals surface area contributed by atoms with Crippen molar-refractivity contribution in [1.82, 2.24) is 5.32 Å². The molecule has 7 heteroatoms. The van der Waals surface area contributed by atoms with Crippen LogP contribution in [0.4, 0.5) is 10.1 Å². The van der Waals surface area contributed by atoms with E-state index in [-0.39, 0.29) is 12.1 Å². The number of amides is 1. The summed E-state index contributed by atoms with van der Waals surface area (Å²) in [5.74, 6) is -1.53. The molecule has 0 aliphatic rings. The van der Waals surface area contributed by atoms with E-state index in [1.54, 1.807) is 0 Å². The van der Waals surface area contributed by atoms with Gasteiger partial charge in [-0.05, 0) is 13.0 Å². The summed E-state index contributed by atoms with van der Waals surface area (Å²) in [6, 6.07) is 2.59. The van der Waals surface area contributed by atoms with Crippen LogP contribution < -0.4 is 5.32 Å². The molecule has 0 aliphatic carbocycles. The number of aliphatic hydroxyl groups is 1. The van der Waals surface area contributed by atoms with Crippen LogP contribution in [0, 0.1) is 15.9 Å². The molecule has 2 N–H and O–H groups in total. The van der Waals surface area contributed by atoms with E-state index in [1.165, 1.54) is 6.92 Å². The maximum atomic E-state index is 13.0. The number of nitrogens with one attached hydrogen (secondary N) is 1. The zero-order chi connectivity index (χ0) is 13.0. The van der Waals surface area contributed by atoms with Gasteiger partial charge in [-0.3, -0.25) is 14.9 Å². The Kier molecular flexibility index (Phi) is 4.11. The van der Waals surface area contributed by atoms with Crippen molar-refractivity contribution < 1.29 is 19.2 Å². The molecule has 0 saturated heterocycles. The van der Waals surface area contributed by atoms with Crippen LogP contribution >= 0.6 is 0 Å². The van der Waals surface area contributed by atoms with Crippen molar-refractivity contribution in [3.63, 3.8) is 0 Å². The molecule has 6 nitrogen and oxygen atoms in total. The van der Waals surface area contributed by atoms with Gasteiger partial charge in [0.2, 0.25) is 0 Å². The fraction of sp³-hybridized carbons (Fsp3) is 0.300. The molecule has 0 bridgehead atoms. The lowest BCUT2D eigenvalue weighted by molar-refractivity contribution is -0.385. The average molecular weight is 242 g/mol. The number of halogens is 1. The summed E-state index contributed by atoms with van der Waals surface area (Å²) < 4.78 is 13.0. The molecule has 0 fully saturated rings. The Labute approximate surface area is 96.2 Å². The third kappa shape index (κ3) is 3.80. The quantitative estimate of drug-likeness (QED) is 0.604. The minimum absolute atomic E-state index is 0.0108. The highest BCUT2D eigenvalue weighted by molar-refractivity contribution is 5.94. The summed E-state index contributed by atoms with van der Waals surface area (Å²) in [5.41, 5.74) is -0.649. The van der Waals surface area contributed by atoms with Gasteiger partial charge >= 0.3 is 0 Å². The molecule has 1 aromatic rings. The van der Waals surface area contributed by atoms with Crippen LogP contribution in [0.2, 0.25) is 0 Å². The van der Waals surface area contributed by atoms with Crippen molar-refractivity contribution in [2.24, 2.45) is 0 Å². The van der Waals surface area contributed by atoms with E-state index in [0.29, 0.717) is 0 Å². The van der Waals surface area contributed by atoms with E-state index < -0.39 is 28.4 Å². The van der Waals surface area contributed by atoms with E-state index in [4.69, 9.17) is 5.11 Å². The first-order chi connectivity index (χ1) is 7.90. The molecule has 0 spiro atoms. The molecule has 0 aliphatic heterocycles. The first kappa shape index (κ1) is 13.0. The summed E-state index contributed by atoms with van der Waals surface area (Å²) in [6.07, 6.45) is -0.748. The van der Waals surface area contributed by atoms with Crippen molar-refractivity contribution in [2.75, 3.05) is 6.54 Å². The summed E-state index contributed by atoms with van der Waals surface area (Å²) in [4.78, 5) is 21.1. The highest BCUT2D eigenvalue weighted by atomic mass is 19.1. The zero-order valence-electron chi connectivity index (χ0n) is 9.01. The predicted octanol–water partition coefficient (Wildman–Crippen LogP) is 0.845. The summed E-state index contributed by atoms with van der Waals surface area (Å²) in [5, 5.41) is 21.7. The third-order valence-electron chi connectivity index (χ3n) is 1.91. The van der Waals surface area contributed by atoms with Crippen molar-refractivity contribution in [3.05, 3.63) is 39.7 Å². The van der Waals surface area contributed by atoms with Gasteiger partial charge in [0, 0.05) is 18.2 Å². The van der Waals surface area contributed by atoms with Gasteiger partial charge in [-0.15, -0.1) is 0 Å². The molecule has 1 atom stereocenters. The van der Waals surface area contributed by atoms with Crippen LogP contribution in [0.25, 0.3) is 0 Å². The lowest BCUT2D eigenvalue weighted by atomic mass is 10.2. The maximum Gasteiger partial charge on any atom is 0.273 e. The molecule has 1 unspecified atom stereocenters. The molecule has 92 valence electrons. The average Bonchev–Trinajstić information content (AvgIpc) is 2.24. The minimum atomic E-state index is -0.860. The largest absolute Gasteiger partial charge is 0.392 e. The Morgan fingerprint density at radius 2 is 2.24 bits per heavy atom. The number of hydrogen-bond donors (Lipinski definition) is 2. The molecular formula is C10H11FN2O4. The van der Waals surface area contributed by atoms with Gasteiger partial charge in [0.05, 0.1) is 17.1 Å². The zero-order valence-corrected chi connectivity index (χ0v) is 9.01. The fourth-order valence-electron chi connectivity index (χ4n) is 1.15. The Hall–Kier alpha value is -2.02. The number of hydrogen-bond acceptors (Lipinski definition) is 4. The third-order valence-corrected chi connectivity index (χ3v) is 1.91. The number of non-ortho nitro benzene ring substituents is 1. The number of carbonyl (C=O) groups excluding carboxylic acids is 1. The van der Waals surface area contributed by atoms with Crippen LogP contribution in [-0.4, -0.2) is 28.6 Å². The monoisotopic (exact) mass is 242 g/mol. The Morgan fingerprint density at radius 1 is 1.59 bits per heavy atom. The molecule has 17 heavy (non-hydrogen) atoms. The van der Waals surface area contributed by atoms with Crippen molar-refractivity contribution in [1.29, 1.82) is 0 Å². The lowest BCUT2D eigenvalue weighted by Gasteiger charge is -2.07. The molecule has 1 aromatic carbocycles. The van der Waals surface area contributed by atoms with Crippen LogP contribution in [0.5, 0.6) is 0 Å². The summed E-state index contributed by atoms with van der Waals surface area (Å²) in [6.45, 7) is 1.46. The second kappa shape index (κ2) is 5.35. The normalized spacial score (nSPS) is 11.9.